The van der Waals surface area contributed by atoms with Gasteiger partial charge in [0, 0.05) is 29.6 Å². The van der Waals surface area contributed by atoms with Gasteiger partial charge in [0.2, 0.25) is 5.95 Å². The summed E-state index contributed by atoms with van der Waals surface area (Å²) in [5.74, 6) is 1.41. The Kier molecular flexibility index (Phi) is 5.50. The highest BCUT2D eigenvalue weighted by Crippen LogP contribution is 2.35. The van der Waals surface area contributed by atoms with Crippen molar-refractivity contribution >= 4 is 23.4 Å². The van der Waals surface area contributed by atoms with Gasteiger partial charge in [-0.25, -0.2) is 4.98 Å². The van der Waals surface area contributed by atoms with E-state index in [1.54, 1.807) is 0 Å². The van der Waals surface area contributed by atoms with E-state index >= 15 is 0 Å². The zero-order valence-electron chi connectivity index (χ0n) is 13.4. The first-order valence-electron chi connectivity index (χ1n) is 8.06. The highest BCUT2D eigenvalue weighted by molar-refractivity contribution is 6.30. The maximum absolute atomic E-state index is 5.85. The molecule has 1 aromatic heterocycles. The van der Waals surface area contributed by atoms with Crippen LogP contribution in [0.1, 0.15) is 30.0 Å². The van der Waals surface area contributed by atoms with Crippen LogP contribution >= 0.6 is 11.6 Å². The smallest absolute Gasteiger partial charge is 0.222 e. The van der Waals surface area contributed by atoms with Gasteiger partial charge in [-0.15, -0.1) is 0 Å². The first kappa shape index (κ1) is 17.0. The Morgan fingerprint density at radius 2 is 1.96 bits per heavy atom. The molecule has 24 heavy (non-hydrogen) atoms. The van der Waals surface area contributed by atoms with Gasteiger partial charge in [-0.1, -0.05) is 23.7 Å². The van der Waals surface area contributed by atoms with Gasteiger partial charge in [0.05, 0.1) is 18.9 Å². The second-order valence-corrected chi connectivity index (χ2v) is 6.51. The molecule has 1 fully saturated rings. The van der Waals surface area contributed by atoms with Gasteiger partial charge in [-0.3, -0.25) is 0 Å². The molecule has 0 unspecified atom stereocenters. The van der Waals surface area contributed by atoms with Crippen LogP contribution in [0.25, 0.3) is 0 Å². The monoisotopic (exact) mass is 347 g/mol. The van der Waals surface area contributed by atoms with Crippen LogP contribution in [-0.2, 0) is 11.3 Å². The SMILES string of the molecule is Nc1nc(NCCOCc2ccc(Cl)cc2)cc(C2CC(N)C2)n1. The van der Waals surface area contributed by atoms with Gasteiger partial charge in [0.15, 0.2) is 0 Å². The number of hydrogen-bond acceptors (Lipinski definition) is 6. The molecule has 0 spiro atoms. The second kappa shape index (κ2) is 7.79. The van der Waals surface area contributed by atoms with E-state index in [2.05, 4.69) is 15.3 Å². The predicted octanol–water partition coefficient (Wildman–Crippen LogP) is 2.55. The molecule has 7 heteroatoms. The summed E-state index contributed by atoms with van der Waals surface area (Å²) >= 11 is 5.85. The molecule has 0 aliphatic heterocycles. The van der Waals surface area contributed by atoms with E-state index in [1.807, 2.05) is 30.3 Å². The van der Waals surface area contributed by atoms with Crippen molar-refractivity contribution in [2.75, 3.05) is 24.2 Å². The molecule has 128 valence electrons. The van der Waals surface area contributed by atoms with Crippen LogP contribution in [0.15, 0.2) is 30.3 Å². The average Bonchev–Trinajstić information content (AvgIpc) is 2.53. The molecule has 3 rings (SSSR count). The van der Waals surface area contributed by atoms with Crippen LogP contribution in [0.5, 0.6) is 0 Å². The largest absolute Gasteiger partial charge is 0.375 e. The maximum atomic E-state index is 5.85. The molecule has 6 nitrogen and oxygen atoms in total. The Balaban J connectivity index is 1.43. The minimum atomic E-state index is 0.281. The Morgan fingerprint density at radius 1 is 1.21 bits per heavy atom. The van der Waals surface area contributed by atoms with E-state index in [9.17, 15) is 0 Å². The van der Waals surface area contributed by atoms with Crippen molar-refractivity contribution in [1.29, 1.82) is 0 Å². The molecule has 0 bridgehead atoms. The predicted molar refractivity (Wildman–Crippen MR) is 96.0 cm³/mol. The third-order valence-electron chi connectivity index (χ3n) is 4.09. The van der Waals surface area contributed by atoms with Crippen LogP contribution in [0.4, 0.5) is 11.8 Å². The van der Waals surface area contributed by atoms with Gasteiger partial charge < -0.3 is 21.5 Å². The molecular formula is C17H22ClN5O. The van der Waals surface area contributed by atoms with Crippen LogP contribution in [0.3, 0.4) is 0 Å². The highest BCUT2D eigenvalue weighted by atomic mass is 35.5. The minimum Gasteiger partial charge on any atom is -0.375 e. The number of anilines is 2. The normalized spacial score (nSPS) is 19.8. The van der Waals surface area contributed by atoms with Crippen LogP contribution in [0, 0.1) is 0 Å². The fourth-order valence-electron chi connectivity index (χ4n) is 2.71. The van der Waals surface area contributed by atoms with E-state index < -0.39 is 0 Å². The van der Waals surface area contributed by atoms with E-state index in [0.29, 0.717) is 25.7 Å². The summed E-state index contributed by atoms with van der Waals surface area (Å²) in [6.45, 7) is 1.76. The number of benzene rings is 1. The van der Waals surface area contributed by atoms with Crippen molar-refractivity contribution in [3.8, 4) is 0 Å². The van der Waals surface area contributed by atoms with Crippen LogP contribution in [-0.4, -0.2) is 29.2 Å². The van der Waals surface area contributed by atoms with Crippen molar-refractivity contribution in [1.82, 2.24) is 9.97 Å². The number of halogens is 1. The lowest BCUT2D eigenvalue weighted by molar-refractivity contribution is 0.130. The van der Waals surface area contributed by atoms with Gasteiger partial charge in [-0.2, -0.15) is 4.98 Å². The summed E-state index contributed by atoms with van der Waals surface area (Å²) < 4.78 is 5.64. The summed E-state index contributed by atoms with van der Waals surface area (Å²) in [4.78, 5) is 8.52. The molecular weight excluding hydrogens is 326 g/mol. The summed E-state index contributed by atoms with van der Waals surface area (Å²) in [6, 6.07) is 9.86. The Hall–Kier alpha value is -1.89. The number of nitrogen functional groups attached to an aromatic ring is 1. The lowest BCUT2D eigenvalue weighted by atomic mass is 9.78. The molecule has 1 aromatic carbocycles. The average molecular weight is 348 g/mol. The van der Waals surface area contributed by atoms with Crippen molar-refractivity contribution in [2.45, 2.75) is 31.4 Å². The Morgan fingerprint density at radius 3 is 2.67 bits per heavy atom. The lowest BCUT2D eigenvalue weighted by Gasteiger charge is -2.32. The topological polar surface area (TPSA) is 99.1 Å². The zero-order chi connectivity index (χ0) is 16.9. The van der Waals surface area contributed by atoms with Crippen molar-refractivity contribution in [3.05, 3.63) is 46.6 Å². The molecule has 5 N–H and O–H groups in total. The van der Waals surface area contributed by atoms with Gasteiger partial charge >= 0.3 is 0 Å². The number of nitrogens with two attached hydrogens (primary N) is 2. The van der Waals surface area contributed by atoms with Crippen molar-refractivity contribution in [2.24, 2.45) is 5.73 Å². The molecule has 0 radical (unpaired) electrons. The summed E-state index contributed by atoms with van der Waals surface area (Å²) in [6.07, 6.45) is 1.92. The molecule has 1 aliphatic carbocycles. The van der Waals surface area contributed by atoms with E-state index in [1.165, 1.54) is 0 Å². The first-order valence-corrected chi connectivity index (χ1v) is 8.44. The third kappa shape index (κ3) is 4.56. The van der Waals surface area contributed by atoms with Crippen LogP contribution in [0.2, 0.25) is 5.02 Å². The van der Waals surface area contributed by atoms with Gasteiger partial charge in [0.1, 0.15) is 5.82 Å². The molecule has 1 saturated carbocycles. The quantitative estimate of drug-likeness (QED) is 0.666. The molecule has 0 saturated heterocycles. The maximum Gasteiger partial charge on any atom is 0.222 e. The summed E-state index contributed by atoms with van der Waals surface area (Å²) in [5.41, 5.74) is 13.7. The first-order chi connectivity index (χ1) is 11.6. The molecule has 0 amide bonds. The second-order valence-electron chi connectivity index (χ2n) is 6.07. The number of hydrogen-bond donors (Lipinski definition) is 3. The van der Waals surface area contributed by atoms with E-state index in [4.69, 9.17) is 27.8 Å². The minimum absolute atomic E-state index is 0.281. The van der Waals surface area contributed by atoms with Crippen molar-refractivity contribution < 1.29 is 4.74 Å². The molecule has 0 atom stereocenters. The number of aromatic nitrogens is 2. The number of rotatable bonds is 7. The lowest BCUT2D eigenvalue weighted by Crippen LogP contribution is -2.35. The highest BCUT2D eigenvalue weighted by Gasteiger charge is 2.29. The zero-order valence-corrected chi connectivity index (χ0v) is 14.2. The Labute approximate surface area is 146 Å². The fourth-order valence-corrected chi connectivity index (χ4v) is 2.84. The van der Waals surface area contributed by atoms with Gasteiger partial charge in [0.25, 0.3) is 0 Å². The summed E-state index contributed by atoms with van der Waals surface area (Å²) in [7, 11) is 0. The number of nitrogens with one attached hydrogen (secondary N) is 1. The van der Waals surface area contributed by atoms with E-state index in [0.717, 1.165) is 34.9 Å². The fraction of sp³-hybridized carbons (Fsp3) is 0.412. The molecule has 2 aromatic rings. The third-order valence-corrected chi connectivity index (χ3v) is 4.34. The summed E-state index contributed by atoms with van der Waals surface area (Å²) in [5, 5.41) is 3.95. The standard InChI is InChI=1S/C17H22ClN5O/c18-13-3-1-11(2-4-13)10-24-6-5-21-16-9-15(22-17(20)23-16)12-7-14(19)8-12/h1-4,9,12,14H,5-8,10,19H2,(H3,20,21,22,23). The van der Waals surface area contributed by atoms with E-state index in [-0.39, 0.29) is 12.0 Å². The molecule has 1 heterocycles. The van der Waals surface area contributed by atoms with Gasteiger partial charge in [-0.05, 0) is 30.5 Å². The number of nitrogens with zero attached hydrogens (tertiary/aromatic N) is 2. The molecule has 1 aliphatic rings. The Bertz CT molecular complexity index is 673. The van der Waals surface area contributed by atoms with Crippen LogP contribution < -0.4 is 16.8 Å². The number of ether oxygens (including phenoxy) is 1. The van der Waals surface area contributed by atoms with Crippen molar-refractivity contribution in [3.63, 3.8) is 0 Å².